The second-order valence-corrected chi connectivity index (χ2v) is 14.7. The number of carbonyl (C=O) groups is 1. The molecule has 3 aromatic carbocycles. The van der Waals surface area contributed by atoms with E-state index in [1.807, 2.05) is 6.92 Å². The maximum atomic E-state index is 13.8. The first-order valence-electron chi connectivity index (χ1n) is 13.0. The Balaban J connectivity index is 1.66. The van der Waals surface area contributed by atoms with Crippen LogP contribution in [0.15, 0.2) is 82.5 Å². The maximum Gasteiger partial charge on any atom is 0.347 e. The Morgan fingerprint density at radius 2 is 1.68 bits per heavy atom. The molecular weight excluding hydrogens is 571 g/mol. The lowest BCUT2D eigenvalue weighted by Gasteiger charge is -2.32. The third kappa shape index (κ3) is 5.71. The van der Waals surface area contributed by atoms with Crippen molar-refractivity contribution in [3.05, 3.63) is 88.8 Å². The molecule has 41 heavy (non-hydrogen) atoms. The number of ketones is 1. The Bertz CT molecular complexity index is 1900. The number of imidazole rings is 1. The van der Waals surface area contributed by atoms with E-state index in [0.717, 1.165) is 0 Å². The molecule has 5 rings (SSSR count). The van der Waals surface area contributed by atoms with E-state index in [-0.39, 0.29) is 56.6 Å². The lowest BCUT2D eigenvalue weighted by molar-refractivity contribution is 0.0860. The Hall–Kier alpha value is -3.77. The largest absolute Gasteiger partial charge is 0.461 e. The number of halogens is 1. The average molecular weight is 601 g/mol. The predicted molar refractivity (Wildman–Crippen MR) is 153 cm³/mol. The van der Waals surface area contributed by atoms with Crippen molar-refractivity contribution in [1.82, 2.24) is 8.54 Å². The molecule has 0 N–H and O–H groups in total. The molecule has 0 saturated carbocycles. The molecule has 0 spiro atoms. The number of rotatable bonds is 8. The molecule has 0 amide bonds. The molecular formula is C29H29FN2O7S2. The molecule has 216 valence electrons. The van der Waals surface area contributed by atoms with Crippen molar-refractivity contribution in [2.75, 3.05) is 11.5 Å². The molecule has 1 fully saturated rings. The first kappa shape index (κ1) is 28.7. The summed E-state index contributed by atoms with van der Waals surface area (Å²) in [7, 11) is -7.51. The third-order valence-electron chi connectivity index (χ3n) is 7.40. The predicted octanol–water partition coefficient (Wildman–Crippen LogP) is 4.51. The molecule has 2 heterocycles. The summed E-state index contributed by atoms with van der Waals surface area (Å²) in [6, 6.07) is 17.9. The van der Waals surface area contributed by atoms with E-state index in [9.17, 15) is 30.8 Å². The highest BCUT2D eigenvalue weighted by Gasteiger charge is 2.35. The summed E-state index contributed by atoms with van der Waals surface area (Å²) in [6.07, 6.45) is -0.835. The molecule has 0 bridgehead atoms. The van der Waals surface area contributed by atoms with Gasteiger partial charge in [0.2, 0.25) is 6.36 Å². The fraction of sp³-hybridized carbons (Fsp3) is 0.310. The summed E-state index contributed by atoms with van der Waals surface area (Å²) in [5.74, 6) is -0.120. The molecule has 9 nitrogen and oxygen atoms in total. The quantitative estimate of drug-likeness (QED) is 0.273. The topological polar surface area (TPSA) is 122 Å². The van der Waals surface area contributed by atoms with Gasteiger partial charge in [-0.3, -0.25) is 9.36 Å². The van der Waals surface area contributed by atoms with E-state index < -0.39 is 37.3 Å². The van der Waals surface area contributed by atoms with Gasteiger partial charge in [0.05, 0.1) is 33.1 Å². The van der Waals surface area contributed by atoms with E-state index >= 15 is 0 Å². The van der Waals surface area contributed by atoms with Gasteiger partial charge in [-0.25, -0.2) is 26.0 Å². The van der Waals surface area contributed by atoms with Crippen LogP contribution in [-0.4, -0.2) is 49.0 Å². The third-order valence-corrected chi connectivity index (χ3v) is 10.8. The number of hydrogen-bond acceptors (Lipinski definition) is 7. The van der Waals surface area contributed by atoms with Gasteiger partial charge >= 0.3 is 5.69 Å². The van der Waals surface area contributed by atoms with Crippen LogP contribution in [0.2, 0.25) is 0 Å². The van der Waals surface area contributed by atoms with Gasteiger partial charge in [-0.2, -0.15) is 3.97 Å². The van der Waals surface area contributed by atoms with Crippen LogP contribution in [0.3, 0.4) is 0 Å². The van der Waals surface area contributed by atoms with Crippen LogP contribution in [0.1, 0.15) is 43.5 Å². The molecule has 0 radical (unpaired) electrons. The van der Waals surface area contributed by atoms with Crippen molar-refractivity contribution in [1.29, 1.82) is 0 Å². The summed E-state index contributed by atoms with van der Waals surface area (Å²) >= 11 is 0. The van der Waals surface area contributed by atoms with Gasteiger partial charge in [-0.15, -0.1) is 0 Å². The van der Waals surface area contributed by atoms with Crippen molar-refractivity contribution in [3.63, 3.8) is 0 Å². The molecule has 1 aliphatic rings. The van der Waals surface area contributed by atoms with Gasteiger partial charge in [0.15, 0.2) is 5.78 Å². The standard InChI is InChI=1S/C29H29FN2O7S2/c1-20(30)39-23-8-6-7-22(18-23)31-25-12-11-21(27(33)19-29(2)13-15-40(35,36)16-14-29)17-26(25)32(28(31)34)41(37,38)24-9-4-3-5-10-24/h3-12,17-18,20H,13-16,19H2,1-2H3. The van der Waals surface area contributed by atoms with Crippen LogP contribution in [0.5, 0.6) is 5.75 Å². The Labute approximate surface area is 237 Å². The number of alkyl halides is 1. The van der Waals surface area contributed by atoms with Gasteiger partial charge < -0.3 is 4.74 Å². The number of benzene rings is 3. The summed E-state index contributed by atoms with van der Waals surface area (Å²) < 4.78 is 71.8. The number of fused-ring (bicyclic) bond motifs is 1. The van der Waals surface area contributed by atoms with Gasteiger partial charge in [0.1, 0.15) is 15.6 Å². The van der Waals surface area contributed by atoms with E-state index in [1.165, 1.54) is 66.1 Å². The van der Waals surface area contributed by atoms with E-state index in [0.29, 0.717) is 16.8 Å². The minimum atomic E-state index is -4.39. The molecule has 1 saturated heterocycles. The van der Waals surface area contributed by atoms with Crippen molar-refractivity contribution in [3.8, 4) is 11.4 Å². The number of ether oxygens (including phenoxy) is 1. The molecule has 0 aliphatic carbocycles. The van der Waals surface area contributed by atoms with Crippen molar-refractivity contribution < 1.29 is 30.8 Å². The van der Waals surface area contributed by atoms with Gasteiger partial charge in [0, 0.05) is 25.0 Å². The number of nitrogens with zero attached hydrogens (tertiary/aromatic N) is 2. The van der Waals surface area contributed by atoms with Gasteiger partial charge in [-0.05, 0) is 60.7 Å². The zero-order chi connectivity index (χ0) is 29.6. The number of hydrogen-bond donors (Lipinski definition) is 0. The number of Topliss-reactive ketones (excluding diaryl/α,β-unsaturated/α-hetero) is 1. The summed E-state index contributed by atoms with van der Waals surface area (Å²) in [4.78, 5) is 27.1. The fourth-order valence-electron chi connectivity index (χ4n) is 5.11. The summed E-state index contributed by atoms with van der Waals surface area (Å²) in [6.45, 7) is 3.08. The van der Waals surface area contributed by atoms with E-state index in [4.69, 9.17) is 4.74 Å². The normalized spacial score (nSPS) is 17.2. The minimum absolute atomic E-state index is 0.00809. The fourth-order valence-corrected chi connectivity index (χ4v) is 8.32. The van der Waals surface area contributed by atoms with Crippen LogP contribution in [0, 0.1) is 5.41 Å². The van der Waals surface area contributed by atoms with Crippen LogP contribution in [0.4, 0.5) is 4.39 Å². The van der Waals surface area contributed by atoms with Crippen LogP contribution in [-0.2, 0) is 19.9 Å². The highest BCUT2D eigenvalue weighted by atomic mass is 32.2. The van der Waals surface area contributed by atoms with Crippen molar-refractivity contribution in [2.24, 2.45) is 5.41 Å². The van der Waals surface area contributed by atoms with Gasteiger partial charge in [0.25, 0.3) is 10.0 Å². The minimum Gasteiger partial charge on any atom is -0.461 e. The van der Waals surface area contributed by atoms with Crippen LogP contribution in [0.25, 0.3) is 16.7 Å². The SMILES string of the molecule is CC(F)Oc1cccc(-n2c(=O)n(S(=O)(=O)c3ccccc3)c3cc(C(=O)CC4(C)CCS(=O)(=O)CC4)ccc32)c1. The highest BCUT2D eigenvalue weighted by Crippen LogP contribution is 2.37. The molecule has 1 aliphatic heterocycles. The van der Waals surface area contributed by atoms with Gasteiger partial charge in [-0.1, -0.05) is 31.2 Å². The Morgan fingerprint density at radius 3 is 2.34 bits per heavy atom. The highest BCUT2D eigenvalue weighted by molar-refractivity contribution is 7.91. The molecule has 4 aromatic rings. The molecule has 1 unspecified atom stereocenters. The van der Waals surface area contributed by atoms with Crippen LogP contribution >= 0.6 is 0 Å². The number of sulfone groups is 1. The Morgan fingerprint density at radius 1 is 1.00 bits per heavy atom. The molecule has 12 heteroatoms. The lowest BCUT2D eigenvalue weighted by atomic mass is 9.78. The number of aromatic nitrogens is 2. The van der Waals surface area contributed by atoms with Crippen molar-refractivity contribution >= 4 is 36.7 Å². The monoisotopic (exact) mass is 600 g/mol. The number of carbonyl (C=O) groups excluding carboxylic acids is 1. The molecule has 1 aromatic heterocycles. The van der Waals surface area contributed by atoms with E-state index in [2.05, 4.69) is 0 Å². The van der Waals surface area contributed by atoms with Crippen LogP contribution < -0.4 is 10.4 Å². The van der Waals surface area contributed by atoms with Crippen molar-refractivity contribution in [2.45, 2.75) is 44.4 Å². The smallest absolute Gasteiger partial charge is 0.347 e. The second kappa shape index (κ2) is 10.6. The first-order chi connectivity index (χ1) is 19.3. The summed E-state index contributed by atoms with van der Waals surface area (Å²) in [5, 5.41) is 0. The Kier molecular flexibility index (Phi) is 7.41. The average Bonchev–Trinajstić information content (AvgIpc) is 3.22. The zero-order valence-corrected chi connectivity index (χ0v) is 24.1. The molecule has 1 atom stereocenters. The zero-order valence-electron chi connectivity index (χ0n) is 22.5. The summed E-state index contributed by atoms with van der Waals surface area (Å²) in [5.41, 5.74) is -0.770. The maximum absolute atomic E-state index is 13.8. The lowest BCUT2D eigenvalue weighted by Crippen LogP contribution is -2.33. The first-order valence-corrected chi connectivity index (χ1v) is 16.3. The van der Waals surface area contributed by atoms with E-state index in [1.54, 1.807) is 18.2 Å². The second-order valence-electron chi connectivity index (χ2n) is 10.6.